The summed E-state index contributed by atoms with van der Waals surface area (Å²) in [5.74, 6) is 0.397. The number of hydrogen-bond acceptors (Lipinski definition) is 2. The molecule has 1 aliphatic heterocycles. The van der Waals surface area contributed by atoms with E-state index in [0.717, 1.165) is 42.6 Å². The summed E-state index contributed by atoms with van der Waals surface area (Å²) in [6.07, 6.45) is 7.45. The molecule has 0 aromatic heterocycles. The van der Waals surface area contributed by atoms with Gasteiger partial charge in [-0.05, 0) is 62.4 Å². The fraction of sp³-hybridized carbons (Fsp3) is 0.647. The second-order valence-electron chi connectivity index (χ2n) is 6.31. The molecule has 2 nitrogen and oxygen atoms in total. The SMILES string of the molecule is OC(c1ccc(Cl)cc1)C1CCN(C2CCCC2)CC1. The predicted octanol–water partition coefficient (Wildman–Crippen LogP) is 4.03. The fourth-order valence-electron chi connectivity index (χ4n) is 3.80. The smallest absolute Gasteiger partial charge is 0.0819 e. The number of nitrogens with zero attached hydrogens (tertiary/aromatic N) is 1. The van der Waals surface area contributed by atoms with E-state index in [1.807, 2.05) is 24.3 Å². The highest BCUT2D eigenvalue weighted by Crippen LogP contribution is 2.34. The average molecular weight is 294 g/mol. The molecule has 110 valence electrons. The molecule has 1 atom stereocenters. The Kier molecular flexibility index (Phi) is 4.65. The van der Waals surface area contributed by atoms with Gasteiger partial charge in [0.1, 0.15) is 0 Å². The van der Waals surface area contributed by atoms with Gasteiger partial charge in [0, 0.05) is 11.1 Å². The van der Waals surface area contributed by atoms with Crippen LogP contribution in [0, 0.1) is 5.92 Å². The zero-order chi connectivity index (χ0) is 13.9. The Hall–Kier alpha value is -0.570. The van der Waals surface area contributed by atoms with Crippen molar-refractivity contribution in [2.75, 3.05) is 13.1 Å². The maximum Gasteiger partial charge on any atom is 0.0819 e. The van der Waals surface area contributed by atoms with Gasteiger partial charge in [0.25, 0.3) is 0 Å². The summed E-state index contributed by atoms with van der Waals surface area (Å²) in [4.78, 5) is 2.65. The highest BCUT2D eigenvalue weighted by molar-refractivity contribution is 6.30. The second-order valence-corrected chi connectivity index (χ2v) is 6.74. The number of hydrogen-bond donors (Lipinski definition) is 1. The number of piperidine rings is 1. The molecule has 1 aliphatic carbocycles. The number of benzene rings is 1. The van der Waals surface area contributed by atoms with Crippen LogP contribution in [0.15, 0.2) is 24.3 Å². The molecular formula is C17H24ClNO. The van der Waals surface area contributed by atoms with Crippen LogP contribution in [-0.2, 0) is 0 Å². The van der Waals surface area contributed by atoms with Crippen molar-refractivity contribution in [3.63, 3.8) is 0 Å². The van der Waals surface area contributed by atoms with Crippen LogP contribution in [0.2, 0.25) is 5.02 Å². The Morgan fingerprint density at radius 3 is 2.20 bits per heavy atom. The van der Waals surface area contributed by atoms with Crippen LogP contribution in [0.3, 0.4) is 0 Å². The molecule has 20 heavy (non-hydrogen) atoms. The lowest BCUT2D eigenvalue weighted by atomic mass is 9.87. The molecule has 1 N–H and O–H groups in total. The van der Waals surface area contributed by atoms with Gasteiger partial charge in [0.15, 0.2) is 0 Å². The number of halogens is 1. The molecule has 3 heteroatoms. The molecule has 2 fully saturated rings. The monoisotopic (exact) mass is 293 g/mol. The van der Waals surface area contributed by atoms with Crippen molar-refractivity contribution in [3.05, 3.63) is 34.9 Å². The van der Waals surface area contributed by atoms with Crippen LogP contribution >= 0.6 is 11.6 Å². The summed E-state index contributed by atoms with van der Waals surface area (Å²) < 4.78 is 0. The third-order valence-electron chi connectivity index (χ3n) is 5.07. The van der Waals surface area contributed by atoms with E-state index in [1.165, 1.54) is 25.7 Å². The Bertz CT molecular complexity index is 419. The molecular weight excluding hydrogens is 270 g/mol. The van der Waals surface area contributed by atoms with Crippen LogP contribution in [0.5, 0.6) is 0 Å². The lowest BCUT2D eigenvalue weighted by Gasteiger charge is -2.37. The standard InChI is InChI=1S/C17H24ClNO/c18-15-7-5-13(6-8-15)17(20)14-9-11-19(12-10-14)16-3-1-2-4-16/h5-8,14,16-17,20H,1-4,9-12H2. The summed E-state index contributed by atoms with van der Waals surface area (Å²) in [5, 5.41) is 11.3. The Morgan fingerprint density at radius 1 is 1.00 bits per heavy atom. The van der Waals surface area contributed by atoms with E-state index in [9.17, 15) is 5.11 Å². The van der Waals surface area contributed by atoms with Gasteiger partial charge >= 0.3 is 0 Å². The highest BCUT2D eigenvalue weighted by Gasteiger charge is 2.30. The molecule has 3 rings (SSSR count). The number of aliphatic hydroxyl groups is 1. The lowest BCUT2D eigenvalue weighted by molar-refractivity contribution is 0.0457. The van der Waals surface area contributed by atoms with Crippen LogP contribution in [-0.4, -0.2) is 29.1 Å². The van der Waals surface area contributed by atoms with Crippen molar-refractivity contribution in [3.8, 4) is 0 Å². The minimum Gasteiger partial charge on any atom is -0.388 e. The van der Waals surface area contributed by atoms with Crippen molar-refractivity contribution in [1.82, 2.24) is 4.90 Å². The van der Waals surface area contributed by atoms with Gasteiger partial charge in [-0.1, -0.05) is 36.6 Å². The first-order valence-electron chi connectivity index (χ1n) is 7.91. The van der Waals surface area contributed by atoms with Crippen molar-refractivity contribution in [2.45, 2.75) is 50.7 Å². The maximum absolute atomic E-state index is 10.5. The number of rotatable bonds is 3. The zero-order valence-corrected chi connectivity index (χ0v) is 12.7. The third-order valence-corrected chi connectivity index (χ3v) is 5.33. The minimum atomic E-state index is -0.335. The molecule has 1 saturated heterocycles. The van der Waals surface area contributed by atoms with E-state index in [2.05, 4.69) is 4.90 Å². The van der Waals surface area contributed by atoms with Crippen molar-refractivity contribution in [2.24, 2.45) is 5.92 Å². The van der Waals surface area contributed by atoms with Crippen LogP contribution in [0.4, 0.5) is 0 Å². The van der Waals surface area contributed by atoms with Gasteiger partial charge in [0.05, 0.1) is 6.10 Å². The summed E-state index contributed by atoms with van der Waals surface area (Å²) in [5.41, 5.74) is 1.01. The topological polar surface area (TPSA) is 23.5 Å². The highest BCUT2D eigenvalue weighted by atomic mass is 35.5. The fourth-order valence-corrected chi connectivity index (χ4v) is 3.93. The zero-order valence-electron chi connectivity index (χ0n) is 12.0. The van der Waals surface area contributed by atoms with E-state index >= 15 is 0 Å². The molecule has 0 radical (unpaired) electrons. The average Bonchev–Trinajstić information content (AvgIpc) is 3.02. The maximum atomic E-state index is 10.5. The Labute approximate surface area is 126 Å². The van der Waals surface area contributed by atoms with Gasteiger partial charge in [0.2, 0.25) is 0 Å². The summed E-state index contributed by atoms with van der Waals surface area (Å²) in [7, 11) is 0. The molecule has 1 unspecified atom stereocenters. The molecule has 1 aromatic carbocycles. The van der Waals surface area contributed by atoms with Gasteiger partial charge in [-0.3, -0.25) is 0 Å². The largest absolute Gasteiger partial charge is 0.388 e. The van der Waals surface area contributed by atoms with Gasteiger partial charge in [-0.15, -0.1) is 0 Å². The van der Waals surface area contributed by atoms with Crippen LogP contribution < -0.4 is 0 Å². The molecule has 1 heterocycles. The van der Waals surface area contributed by atoms with Crippen molar-refractivity contribution in [1.29, 1.82) is 0 Å². The Balaban J connectivity index is 1.55. The normalized spacial score (nSPS) is 24.1. The molecule has 2 aliphatic rings. The summed E-state index contributed by atoms with van der Waals surface area (Å²) in [6.45, 7) is 2.31. The van der Waals surface area contributed by atoms with Crippen LogP contribution in [0.25, 0.3) is 0 Å². The molecule has 1 aromatic rings. The van der Waals surface area contributed by atoms with E-state index in [0.29, 0.717) is 5.92 Å². The van der Waals surface area contributed by atoms with E-state index in [-0.39, 0.29) is 6.10 Å². The molecule has 1 saturated carbocycles. The van der Waals surface area contributed by atoms with Crippen molar-refractivity contribution < 1.29 is 5.11 Å². The van der Waals surface area contributed by atoms with E-state index < -0.39 is 0 Å². The predicted molar refractivity (Wildman–Crippen MR) is 83.0 cm³/mol. The first-order chi connectivity index (χ1) is 9.74. The Morgan fingerprint density at radius 2 is 1.60 bits per heavy atom. The van der Waals surface area contributed by atoms with Crippen LogP contribution in [0.1, 0.15) is 50.2 Å². The lowest BCUT2D eigenvalue weighted by Crippen LogP contribution is -2.41. The van der Waals surface area contributed by atoms with Gasteiger partial charge in [-0.25, -0.2) is 0 Å². The minimum absolute atomic E-state index is 0.335. The summed E-state index contributed by atoms with van der Waals surface area (Å²) >= 11 is 5.91. The van der Waals surface area contributed by atoms with Gasteiger partial charge in [-0.2, -0.15) is 0 Å². The number of aliphatic hydroxyl groups excluding tert-OH is 1. The quantitative estimate of drug-likeness (QED) is 0.909. The molecule has 0 bridgehead atoms. The van der Waals surface area contributed by atoms with E-state index in [1.54, 1.807) is 0 Å². The van der Waals surface area contributed by atoms with Crippen molar-refractivity contribution >= 4 is 11.6 Å². The van der Waals surface area contributed by atoms with Gasteiger partial charge < -0.3 is 10.0 Å². The first kappa shape index (κ1) is 14.4. The summed E-state index contributed by atoms with van der Waals surface area (Å²) in [6, 6.07) is 8.47. The molecule has 0 spiro atoms. The molecule has 0 amide bonds. The third kappa shape index (κ3) is 3.19. The second kappa shape index (κ2) is 6.46. The first-order valence-corrected chi connectivity index (χ1v) is 8.29. The van der Waals surface area contributed by atoms with E-state index in [4.69, 9.17) is 11.6 Å². The number of likely N-dealkylation sites (tertiary alicyclic amines) is 1.